The van der Waals surface area contributed by atoms with Gasteiger partial charge in [0.15, 0.2) is 0 Å². The van der Waals surface area contributed by atoms with E-state index in [2.05, 4.69) is 244 Å². The Balaban J connectivity index is 0.993. The van der Waals surface area contributed by atoms with Gasteiger partial charge in [0, 0.05) is 5.41 Å². The Hall–Kier alpha value is -8.06. The van der Waals surface area contributed by atoms with Crippen LogP contribution in [0.2, 0.25) is 0 Å². The molecule has 65 heavy (non-hydrogen) atoms. The molecule has 0 aromatic heterocycles. The molecule has 1 aliphatic carbocycles. The molecule has 0 atom stereocenters. The van der Waals surface area contributed by atoms with Crippen molar-refractivity contribution in [1.29, 1.82) is 0 Å². The number of benzene rings is 12. The molecule has 12 aromatic rings. The molecule has 13 rings (SSSR count). The smallest absolute Gasteiger partial charge is 0.0159 e. The van der Waals surface area contributed by atoms with Crippen LogP contribution in [-0.2, 0) is 5.41 Å². The third kappa shape index (κ3) is 5.70. The summed E-state index contributed by atoms with van der Waals surface area (Å²) in [6.45, 7) is 4.74. The molecule has 0 bridgehead atoms. The maximum atomic E-state index is 2.47. The SMILES string of the molecule is CC1(C)c2ccccc2-c2ccc(-c3c4ccccc4c(-c4ccc(-c5c6ccccc6c(-c6cc7ccccc7cc6-c6ccccc6)c6ccccc56)cc4)c4ccccc34)cc21. The second kappa shape index (κ2) is 14.5. The molecule has 0 aliphatic heterocycles. The van der Waals surface area contributed by atoms with Crippen LogP contribution in [0.4, 0.5) is 0 Å². The van der Waals surface area contributed by atoms with Crippen molar-refractivity contribution in [1.82, 2.24) is 0 Å². The van der Waals surface area contributed by atoms with Gasteiger partial charge >= 0.3 is 0 Å². The molecular weight excluding hydrogens is 781 g/mol. The lowest BCUT2D eigenvalue weighted by Crippen LogP contribution is -2.14. The zero-order valence-corrected chi connectivity index (χ0v) is 36.4. The minimum Gasteiger partial charge on any atom is -0.0622 e. The average Bonchev–Trinajstić information content (AvgIpc) is 3.59. The first-order valence-corrected chi connectivity index (χ1v) is 22.8. The largest absolute Gasteiger partial charge is 0.0622 e. The highest BCUT2D eigenvalue weighted by Crippen LogP contribution is 2.52. The van der Waals surface area contributed by atoms with Crippen LogP contribution in [-0.4, -0.2) is 0 Å². The number of rotatable bonds is 5. The van der Waals surface area contributed by atoms with Crippen molar-refractivity contribution in [3.05, 3.63) is 242 Å². The lowest BCUT2D eigenvalue weighted by atomic mass is 9.80. The molecule has 0 fully saturated rings. The first-order chi connectivity index (χ1) is 32.0. The van der Waals surface area contributed by atoms with Gasteiger partial charge in [-0.25, -0.2) is 0 Å². The van der Waals surface area contributed by atoms with Crippen LogP contribution >= 0.6 is 0 Å². The van der Waals surface area contributed by atoms with Crippen LogP contribution < -0.4 is 0 Å². The van der Waals surface area contributed by atoms with Crippen LogP contribution in [0, 0.1) is 0 Å². The summed E-state index contributed by atoms with van der Waals surface area (Å²) >= 11 is 0. The third-order valence-corrected chi connectivity index (χ3v) is 14.4. The number of hydrogen-bond donors (Lipinski definition) is 0. The summed E-state index contributed by atoms with van der Waals surface area (Å²) in [7, 11) is 0. The molecule has 0 saturated carbocycles. The molecule has 0 heterocycles. The molecule has 0 radical (unpaired) electrons. The summed E-state index contributed by atoms with van der Waals surface area (Å²) in [4.78, 5) is 0. The molecule has 0 N–H and O–H groups in total. The van der Waals surface area contributed by atoms with Crippen molar-refractivity contribution in [3.63, 3.8) is 0 Å². The van der Waals surface area contributed by atoms with E-state index in [-0.39, 0.29) is 5.41 Å². The highest BCUT2D eigenvalue weighted by atomic mass is 14.4. The van der Waals surface area contributed by atoms with E-state index in [0.717, 1.165) is 0 Å². The molecule has 1 aliphatic rings. The van der Waals surface area contributed by atoms with Crippen LogP contribution in [0.25, 0.3) is 121 Å². The molecule has 0 amide bonds. The summed E-state index contributed by atoms with van der Waals surface area (Å²) < 4.78 is 0. The maximum Gasteiger partial charge on any atom is 0.0159 e. The van der Waals surface area contributed by atoms with E-state index in [1.54, 1.807) is 0 Å². The fourth-order valence-corrected chi connectivity index (χ4v) is 11.4. The normalized spacial score (nSPS) is 12.9. The van der Waals surface area contributed by atoms with Gasteiger partial charge in [0.1, 0.15) is 0 Å². The van der Waals surface area contributed by atoms with Gasteiger partial charge in [-0.05, 0) is 150 Å². The van der Waals surface area contributed by atoms with Crippen molar-refractivity contribution in [2.75, 3.05) is 0 Å². The van der Waals surface area contributed by atoms with Crippen molar-refractivity contribution < 1.29 is 0 Å². The van der Waals surface area contributed by atoms with Crippen LogP contribution in [0.15, 0.2) is 231 Å². The Morgan fingerprint density at radius 3 is 1.11 bits per heavy atom. The van der Waals surface area contributed by atoms with Crippen LogP contribution in [0.1, 0.15) is 25.0 Å². The van der Waals surface area contributed by atoms with Crippen molar-refractivity contribution in [2.45, 2.75) is 19.3 Å². The predicted molar refractivity (Wildman–Crippen MR) is 279 cm³/mol. The van der Waals surface area contributed by atoms with Gasteiger partial charge in [0.2, 0.25) is 0 Å². The standard InChI is InChI=1S/C65H44/c1-65(2)59-31-17-16-22-47(59)48-37-36-46(40-60(48)65)63-51-25-10-8-23-49(51)61(50-24-9-11-26-52(50)63)42-32-34-43(35-33-42)62-53-27-12-14-29-55(53)64(56-30-15-13-28-54(56)62)58-39-45-21-7-6-20-44(45)38-57(58)41-18-4-3-5-19-41/h3-40H,1-2H3. The van der Waals surface area contributed by atoms with Crippen molar-refractivity contribution in [2.24, 2.45) is 0 Å². The van der Waals surface area contributed by atoms with Gasteiger partial charge in [0.25, 0.3) is 0 Å². The molecule has 0 nitrogen and oxygen atoms in total. The number of hydrogen-bond acceptors (Lipinski definition) is 0. The lowest BCUT2D eigenvalue weighted by Gasteiger charge is -2.23. The van der Waals surface area contributed by atoms with Crippen molar-refractivity contribution >= 4 is 53.9 Å². The predicted octanol–water partition coefficient (Wildman–Crippen LogP) is 18.1. The quantitative estimate of drug-likeness (QED) is 0.152. The summed E-state index contributed by atoms with van der Waals surface area (Å²) in [6, 6.07) is 86.0. The van der Waals surface area contributed by atoms with Gasteiger partial charge in [-0.2, -0.15) is 0 Å². The van der Waals surface area contributed by atoms with Crippen LogP contribution in [0.3, 0.4) is 0 Å². The van der Waals surface area contributed by atoms with Gasteiger partial charge in [-0.3, -0.25) is 0 Å². The summed E-state index contributed by atoms with van der Waals surface area (Å²) in [5, 5.41) is 12.6. The Morgan fingerprint density at radius 2 is 0.600 bits per heavy atom. The second-order valence-corrected chi connectivity index (χ2v) is 18.3. The Kier molecular flexibility index (Phi) is 8.36. The molecular formula is C65H44. The highest BCUT2D eigenvalue weighted by molar-refractivity contribution is 6.24. The molecule has 304 valence electrons. The lowest BCUT2D eigenvalue weighted by molar-refractivity contribution is 0.660. The number of fused-ring (bicyclic) bond motifs is 8. The minimum atomic E-state index is -0.0757. The summed E-state index contributed by atoms with van der Waals surface area (Å²) in [5.41, 5.74) is 17.9. The fraction of sp³-hybridized carbons (Fsp3) is 0.0462. The maximum absolute atomic E-state index is 2.47. The third-order valence-electron chi connectivity index (χ3n) is 14.4. The molecule has 12 aromatic carbocycles. The van der Waals surface area contributed by atoms with E-state index in [1.807, 2.05) is 0 Å². The van der Waals surface area contributed by atoms with E-state index in [4.69, 9.17) is 0 Å². The zero-order chi connectivity index (χ0) is 43.2. The molecule has 0 saturated heterocycles. The first-order valence-electron chi connectivity index (χ1n) is 22.8. The Morgan fingerprint density at radius 1 is 0.231 bits per heavy atom. The van der Waals surface area contributed by atoms with E-state index in [1.165, 1.54) is 132 Å². The van der Waals surface area contributed by atoms with Gasteiger partial charge < -0.3 is 0 Å². The minimum absolute atomic E-state index is 0.0757. The second-order valence-electron chi connectivity index (χ2n) is 18.3. The van der Waals surface area contributed by atoms with Gasteiger partial charge in [-0.1, -0.05) is 226 Å². The molecule has 0 unspecified atom stereocenters. The molecule has 0 spiro atoms. The van der Waals surface area contributed by atoms with Crippen LogP contribution in [0.5, 0.6) is 0 Å². The van der Waals surface area contributed by atoms with Gasteiger partial charge in [-0.15, -0.1) is 0 Å². The van der Waals surface area contributed by atoms with E-state index in [0.29, 0.717) is 0 Å². The summed E-state index contributed by atoms with van der Waals surface area (Å²) in [6.07, 6.45) is 0. The first kappa shape index (κ1) is 37.5. The average molecular weight is 825 g/mol. The Labute approximate surface area is 379 Å². The van der Waals surface area contributed by atoms with E-state index >= 15 is 0 Å². The van der Waals surface area contributed by atoms with E-state index in [9.17, 15) is 0 Å². The monoisotopic (exact) mass is 824 g/mol. The zero-order valence-electron chi connectivity index (χ0n) is 36.4. The highest BCUT2D eigenvalue weighted by Gasteiger charge is 2.35. The van der Waals surface area contributed by atoms with Gasteiger partial charge in [0.05, 0.1) is 0 Å². The van der Waals surface area contributed by atoms with E-state index < -0.39 is 0 Å². The summed E-state index contributed by atoms with van der Waals surface area (Å²) in [5.74, 6) is 0. The van der Waals surface area contributed by atoms with Crippen molar-refractivity contribution in [3.8, 4) is 66.8 Å². The fourth-order valence-electron chi connectivity index (χ4n) is 11.4. The topological polar surface area (TPSA) is 0 Å². The molecule has 0 heteroatoms. The Bertz CT molecular complexity index is 3770.